The highest BCUT2D eigenvalue weighted by molar-refractivity contribution is 5.82. The van der Waals surface area contributed by atoms with Gasteiger partial charge in [0.15, 0.2) is 0 Å². The molecule has 0 bridgehead atoms. The van der Waals surface area contributed by atoms with Crippen LogP contribution < -0.4 is 5.32 Å². The monoisotopic (exact) mass is 141 g/mol. The van der Waals surface area contributed by atoms with E-state index in [1.54, 1.807) is 0 Å². The molecule has 2 nitrogen and oxygen atoms in total. The maximum atomic E-state index is 11.0. The lowest BCUT2D eigenvalue weighted by Gasteiger charge is -2.03. The van der Waals surface area contributed by atoms with Crippen LogP contribution in [0.5, 0.6) is 0 Å². The molecule has 1 fully saturated rings. The molecule has 0 aromatic carbocycles. The first-order valence-electron chi connectivity index (χ1n) is 3.96. The molecule has 1 aliphatic rings. The van der Waals surface area contributed by atoms with Crippen LogP contribution in [0.15, 0.2) is 0 Å². The minimum atomic E-state index is 0.186. The summed E-state index contributed by atoms with van der Waals surface area (Å²) < 4.78 is 0. The maximum Gasteiger partial charge on any atom is 0.149 e. The third-order valence-corrected chi connectivity index (χ3v) is 1.79. The van der Waals surface area contributed by atoms with E-state index in [1.807, 2.05) is 13.8 Å². The van der Waals surface area contributed by atoms with Gasteiger partial charge in [-0.15, -0.1) is 0 Å². The van der Waals surface area contributed by atoms with Gasteiger partial charge in [0, 0.05) is 12.0 Å². The van der Waals surface area contributed by atoms with Crippen molar-refractivity contribution < 1.29 is 4.79 Å². The van der Waals surface area contributed by atoms with E-state index in [1.165, 1.54) is 12.8 Å². The molecule has 1 saturated carbocycles. The predicted octanol–water partition coefficient (Wildman–Crippen LogP) is 0.964. The lowest BCUT2D eigenvalue weighted by molar-refractivity contribution is -0.121. The highest BCUT2D eigenvalue weighted by Crippen LogP contribution is 2.18. The van der Waals surface area contributed by atoms with Gasteiger partial charge in [0.05, 0.1) is 6.54 Å². The van der Waals surface area contributed by atoms with Crippen LogP contribution in [-0.4, -0.2) is 18.4 Å². The Bertz CT molecular complexity index is 127. The molecule has 0 spiro atoms. The third-order valence-electron chi connectivity index (χ3n) is 1.79. The summed E-state index contributed by atoms with van der Waals surface area (Å²) in [4.78, 5) is 11.0. The summed E-state index contributed by atoms with van der Waals surface area (Å²) >= 11 is 0. The van der Waals surface area contributed by atoms with Crippen LogP contribution in [0.2, 0.25) is 0 Å². The van der Waals surface area contributed by atoms with Crippen LogP contribution >= 0.6 is 0 Å². The SMILES string of the molecule is CC(C)C(=O)CNC1CC1. The molecule has 0 amide bonds. The molecule has 10 heavy (non-hydrogen) atoms. The fourth-order valence-corrected chi connectivity index (χ4v) is 0.737. The van der Waals surface area contributed by atoms with Crippen molar-refractivity contribution in [1.82, 2.24) is 5.32 Å². The molecule has 0 aromatic heterocycles. The van der Waals surface area contributed by atoms with Gasteiger partial charge in [0.1, 0.15) is 5.78 Å². The van der Waals surface area contributed by atoms with E-state index in [0.717, 1.165) is 0 Å². The molecular formula is C8H15NO. The summed E-state index contributed by atoms with van der Waals surface area (Å²) in [5.41, 5.74) is 0. The molecule has 1 N–H and O–H groups in total. The lowest BCUT2D eigenvalue weighted by atomic mass is 10.1. The Balaban J connectivity index is 2.05. The first-order valence-corrected chi connectivity index (χ1v) is 3.96. The molecule has 0 unspecified atom stereocenters. The van der Waals surface area contributed by atoms with Crippen molar-refractivity contribution in [2.24, 2.45) is 5.92 Å². The molecule has 1 rings (SSSR count). The number of rotatable bonds is 4. The topological polar surface area (TPSA) is 29.1 Å². The summed E-state index contributed by atoms with van der Waals surface area (Å²) in [7, 11) is 0. The molecule has 0 atom stereocenters. The number of carbonyl (C=O) groups excluding carboxylic acids is 1. The first kappa shape index (κ1) is 7.73. The predicted molar refractivity (Wildman–Crippen MR) is 40.9 cm³/mol. The summed E-state index contributed by atoms with van der Waals surface area (Å²) in [6.07, 6.45) is 2.51. The van der Waals surface area contributed by atoms with E-state index in [0.29, 0.717) is 18.4 Å². The van der Waals surface area contributed by atoms with Crippen molar-refractivity contribution in [2.45, 2.75) is 32.7 Å². The van der Waals surface area contributed by atoms with Gasteiger partial charge in [-0.1, -0.05) is 13.8 Å². The highest BCUT2D eigenvalue weighted by Gasteiger charge is 2.21. The largest absolute Gasteiger partial charge is 0.307 e. The zero-order valence-electron chi connectivity index (χ0n) is 6.68. The van der Waals surface area contributed by atoms with E-state index in [2.05, 4.69) is 5.32 Å². The average molecular weight is 141 g/mol. The Kier molecular flexibility index (Phi) is 2.44. The molecule has 0 aromatic rings. The van der Waals surface area contributed by atoms with E-state index in [4.69, 9.17) is 0 Å². The van der Waals surface area contributed by atoms with Crippen molar-refractivity contribution in [1.29, 1.82) is 0 Å². The Morgan fingerprint density at radius 3 is 2.60 bits per heavy atom. The number of hydrogen-bond acceptors (Lipinski definition) is 2. The summed E-state index contributed by atoms with van der Waals surface area (Å²) in [6.45, 7) is 4.45. The van der Waals surface area contributed by atoms with Gasteiger partial charge >= 0.3 is 0 Å². The van der Waals surface area contributed by atoms with Crippen molar-refractivity contribution in [3.8, 4) is 0 Å². The van der Waals surface area contributed by atoms with Gasteiger partial charge in [-0.3, -0.25) is 4.79 Å². The number of nitrogens with one attached hydrogen (secondary N) is 1. The Morgan fingerprint density at radius 1 is 1.60 bits per heavy atom. The van der Waals surface area contributed by atoms with E-state index >= 15 is 0 Å². The van der Waals surface area contributed by atoms with E-state index in [9.17, 15) is 4.79 Å². The highest BCUT2D eigenvalue weighted by atomic mass is 16.1. The first-order chi connectivity index (χ1) is 4.70. The fraction of sp³-hybridized carbons (Fsp3) is 0.875. The van der Waals surface area contributed by atoms with Crippen molar-refractivity contribution >= 4 is 5.78 Å². The van der Waals surface area contributed by atoms with Crippen molar-refractivity contribution in [2.75, 3.05) is 6.54 Å². The van der Waals surface area contributed by atoms with Gasteiger partial charge < -0.3 is 5.32 Å². The minimum absolute atomic E-state index is 0.186. The smallest absolute Gasteiger partial charge is 0.149 e. The molecule has 58 valence electrons. The van der Waals surface area contributed by atoms with Crippen LogP contribution in [0.25, 0.3) is 0 Å². The van der Waals surface area contributed by atoms with Gasteiger partial charge in [-0.25, -0.2) is 0 Å². The second-order valence-corrected chi connectivity index (χ2v) is 3.28. The van der Waals surface area contributed by atoms with Gasteiger partial charge in [0.2, 0.25) is 0 Å². The molecule has 0 aliphatic heterocycles. The standard InChI is InChI=1S/C8H15NO/c1-6(2)8(10)5-9-7-3-4-7/h6-7,9H,3-5H2,1-2H3. The molecule has 0 saturated heterocycles. The van der Waals surface area contributed by atoms with Gasteiger partial charge in [0.25, 0.3) is 0 Å². The quantitative estimate of drug-likeness (QED) is 0.632. The maximum absolute atomic E-state index is 11.0. The summed E-state index contributed by atoms with van der Waals surface area (Å²) in [6, 6.07) is 0.655. The Hall–Kier alpha value is -0.370. The third kappa shape index (κ3) is 2.48. The number of hydrogen-bond donors (Lipinski definition) is 1. The lowest BCUT2D eigenvalue weighted by Crippen LogP contribution is -2.27. The van der Waals surface area contributed by atoms with Crippen LogP contribution in [-0.2, 0) is 4.79 Å². The van der Waals surface area contributed by atoms with E-state index < -0.39 is 0 Å². The molecule has 1 aliphatic carbocycles. The minimum Gasteiger partial charge on any atom is -0.307 e. The fourth-order valence-electron chi connectivity index (χ4n) is 0.737. The number of carbonyl (C=O) groups is 1. The van der Waals surface area contributed by atoms with Crippen LogP contribution in [0, 0.1) is 5.92 Å². The number of Topliss-reactive ketones (excluding diaryl/α,β-unsaturated/α-hetero) is 1. The Labute approximate surface area is 62.0 Å². The second kappa shape index (κ2) is 3.15. The van der Waals surface area contributed by atoms with Crippen LogP contribution in [0.3, 0.4) is 0 Å². The summed E-state index contributed by atoms with van der Waals surface area (Å²) in [5.74, 6) is 0.512. The van der Waals surface area contributed by atoms with Gasteiger partial charge in [-0.05, 0) is 12.8 Å². The van der Waals surface area contributed by atoms with Gasteiger partial charge in [-0.2, -0.15) is 0 Å². The summed E-state index contributed by atoms with van der Waals surface area (Å²) in [5, 5.41) is 3.19. The zero-order valence-corrected chi connectivity index (χ0v) is 6.68. The van der Waals surface area contributed by atoms with Crippen molar-refractivity contribution in [3.05, 3.63) is 0 Å². The Morgan fingerprint density at radius 2 is 2.20 bits per heavy atom. The van der Waals surface area contributed by atoms with Crippen molar-refractivity contribution in [3.63, 3.8) is 0 Å². The molecule has 0 radical (unpaired) electrons. The molecular weight excluding hydrogens is 126 g/mol. The van der Waals surface area contributed by atoms with Crippen LogP contribution in [0.4, 0.5) is 0 Å². The second-order valence-electron chi connectivity index (χ2n) is 3.28. The normalized spacial score (nSPS) is 17.9. The number of ketones is 1. The van der Waals surface area contributed by atoms with Crippen LogP contribution in [0.1, 0.15) is 26.7 Å². The molecule has 2 heteroatoms. The van der Waals surface area contributed by atoms with E-state index in [-0.39, 0.29) is 5.92 Å². The average Bonchev–Trinajstić information content (AvgIpc) is 2.64. The molecule has 0 heterocycles. The zero-order chi connectivity index (χ0) is 7.56.